The Kier molecular flexibility index (Phi) is 10.7. The number of hydrogen-bond donors (Lipinski definition) is 1. The number of methoxy groups -OCH3 is 1. The van der Waals surface area contributed by atoms with Crippen molar-refractivity contribution in [3.8, 4) is 0 Å². The number of urea groups is 1. The van der Waals surface area contributed by atoms with E-state index in [0.29, 0.717) is 42.9 Å². The van der Waals surface area contributed by atoms with Crippen molar-refractivity contribution in [1.29, 1.82) is 0 Å². The van der Waals surface area contributed by atoms with E-state index in [1.54, 1.807) is 17.9 Å². The second-order valence-electron chi connectivity index (χ2n) is 11.4. The van der Waals surface area contributed by atoms with Crippen LogP contribution >= 0.6 is 0 Å². The third-order valence-corrected chi connectivity index (χ3v) is 8.06. The average molecular weight is 654 g/mol. The molecule has 1 unspecified atom stereocenters. The first kappa shape index (κ1) is 34.7. The number of aryl methyl sites for hydroxylation is 1. The lowest BCUT2D eigenvalue weighted by Gasteiger charge is -2.42. The summed E-state index contributed by atoms with van der Waals surface area (Å²) in [7, 11) is 1.32. The van der Waals surface area contributed by atoms with Gasteiger partial charge in [-0.1, -0.05) is 37.3 Å². The van der Waals surface area contributed by atoms with Gasteiger partial charge in [-0.05, 0) is 71.0 Å². The van der Waals surface area contributed by atoms with Crippen molar-refractivity contribution < 1.29 is 45.1 Å². The molecule has 6 nitrogen and oxygen atoms in total. The number of piperazine rings is 1. The van der Waals surface area contributed by atoms with Crippen LogP contribution in [0.4, 0.5) is 35.5 Å². The van der Waals surface area contributed by atoms with Gasteiger partial charge in [0.25, 0.3) is 0 Å². The van der Waals surface area contributed by atoms with Crippen molar-refractivity contribution in [2.75, 3.05) is 33.3 Å². The van der Waals surface area contributed by atoms with Crippen LogP contribution in [0.15, 0.2) is 60.7 Å². The molecule has 0 aliphatic carbocycles. The summed E-state index contributed by atoms with van der Waals surface area (Å²) in [6.45, 7) is 4.56. The van der Waals surface area contributed by atoms with Gasteiger partial charge < -0.3 is 15.0 Å². The number of ether oxygens (including phenoxy) is 1. The summed E-state index contributed by atoms with van der Waals surface area (Å²) in [4.78, 5) is 28.7. The molecule has 1 heterocycles. The number of alkyl halides is 6. The normalized spacial score (nSPS) is 16.7. The molecule has 2 atom stereocenters. The quantitative estimate of drug-likeness (QED) is 0.206. The molecule has 0 saturated carbocycles. The molecule has 2 amide bonds. The summed E-state index contributed by atoms with van der Waals surface area (Å²) in [6, 6.07) is 12.1. The van der Waals surface area contributed by atoms with Gasteiger partial charge in [0.15, 0.2) is 0 Å². The molecule has 13 heteroatoms. The van der Waals surface area contributed by atoms with E-state index in [1.165, 1.54) is 26.2 Å². The van der Waals surface area contributed by atoms with Gasteiger partial charge in [0.1, 0.15) is 5.82 Å². The third-order valence-electron chi connectivity index (χ3n) is 8.06. The summed E-state index contributed by atoms with van der Waals surface area (Å²) < 4.78 is 98.9. The number of amides is 2. The summed E-state index contributed by atoms with van der Waals surface area (Å²) >= 11 is 0. The minimum absolute atomic E-state index is 0.0701. The van der Waals surface area contributed by atoms with Crippen LogP contribution in [0, 0.1) is 12.7 Å². The molecule has 0 aromatic heterocycles. The molecule has 248 valence electrons. The van der Waals surface area contributed by atoms with Gasteiger partial charge in [0.2, 0.25) is 0 Å². The second kappa shape index (κ2) is 14.1. The van der Waals surface area contributed by atoms with Crippen LogP contribution in [0.1, 0.15) is 57.8 Å². The largest absolute Gasteiger partial charge is 0.469 e. The van der Waals surface area contributed by atoms with Crippen LogP contribution < -0.4 is 5.32 Å². The van der Waals surface area contributed by atoms with Gasteiger partial charge in [-0.3, -0.25) is 9.69 Å². The Labute approximate surface area is 262 Å². The van der Waals surface area contributed by atoms with E-state index in [4.69, 9.17) is 4.74 Å². The number of nitrogens with zero attached hydrogens (tertiary/aromatic N) is 2. The van der Waals surface area contributed by atoms with E-state index in [1.807, 2.05) is 24.3 Å². The zero-order valence-electron chi connectivity index (χ0n) is 25.4. The summed E-state index contributed by atoms with van der Waals surface area (Å²) in [6.07, 6.45) is -9.82. The maximum Gasteiger partial charge on any atom is 0.416 e. The highest BCUT2D eigenvalue weighted by atomic mass is 19.4. The van der Waals surface area contributed by atoms with Crippen LogP contribution in [-0.2, 0) is 34.8 Å². The highest BCUT2D eigenvalue weighted by molar-refractivity contribution is 5.75. The van der Waals surface area contributed by atoms with Crippen molar-refractivity contribution in [2.45, 2.75) is 51.1 Å². The van der Waals surface area contributed by atoms with Gasteiger partial charge in [-0.15, -0.1) is 0 Å². The second-order valence-corrected chi connectivity index (χ2v) is 11.4. The minimum Gasteiger partial charge on any atom is -0.469 e. The van der Waals surface area contributed by atoms with Crippen molar-refractivity contribution in [2.24, 2.45) is 0 Å². The fraction of sp³-hybridized carbons (Fsp3) is 0.394. The predicted octanol–water partition coefficient (Wildman–Crippen LogP) is 7.26. The molecule has 46 heavy (non-hydrogen) atoms. The Morgan fingerprint density at radius 1 is 0.913 bits per heavy atom. The molecule has 1 N–H and O–H groups in total. The smallest absolute Gasteiger partial charge is 0.416 e. The van der Waals surface area contributed by atoms with E-state index < -0.39 is 47.3 Å². The van der Waals surface area contributed by atoms with Gasteiger partial charge in [-0.25, -0.2) is 9.18 Å². The zero-order chi connectivity index (χ0) is 33.8. The number of halogens is 7. The van der Waals surface area contributed by atoms with Crippen molar-refractivity contribution in [3.05, 3.63) is 105 Å². The molecule has 0 radical (unpaired) electrons. The summed E-state index contributed by atoms with van der Waals surface area (Å²) in [5, 5.41) is 2.68. The van der Waals surface area contributed by atoms with E-state index in [0.717, 1.165) is 11.1 Å². The van der Waals surface area contributed by atoms with Crippen LogP contribution in [0.3, 0.4) is 0 Å². The first-order valence-electron chi connectivity index (χ1n) is 14.5. The first-order valence-corrected chi connectivity index (χ1v) is 14.5. The Bertz CT molecular complexity index is 1510. The highest BCUT2D eigenvalue weighted by Gasteiger charge is 2.38. The maximum absolute atomic E-state index is 14.0. The number of carbonyl (C=O) groups excluding carboxylic acids is 2. The predicted molar refractivity (Wildman–Crippen MR) is 156 cm³/mol. The number of nitrogens with one attached hydrogen (secondary N) is 1. The minimum atomic E-state index is -4.98. The molecule has 4 rings (SSSR count). The van der Waals surface area contributed by atoms with E-state index in [9.17, 15) is 40.3 Å². The van der Waals surface area contributed by atoms with Gasteiger partial charge in [0.05, 0.1) is 30.7 Å². The van der Waals surface area contributed by atoms with Crippen molar-refractivity contribution in [1.82, 2.24) is 15.1 Å². The molecule has 0 spiro atoms. The molecule has 1 saturated heterocycles. The molecular weight excluding hydrogens is 619 g/mol. The third kappa shape index (κ3) is 8.77. The topological polar surface area (TPSA) is 61.9 Å². The number of rotatable bonds is 8. The number of esters is 1. The SMILES string of the molecule is COC(=O)Cc1ccc(CN2CCN(C(=O)NC[C@H](C)c3cc(C(F)(F)F)cc(C(F)(F)F)c3)C(c3ccc(F)cc3C)C2)cc1. The molecule has 3 aromatic rings. The first-order chi connectivity index (χ1) is 21.5. The van der Waals surface area contributed by atoms with E-state index in [2.05, 4.69) is 10.2 Å². The van der Waals surface area contributed by atoms with Gasteiger partial charge in [0, 0.05) is 32.7 Å². The maximum atomic E-state index is 14.0. The molecular formula is C33H34F7N3O3. The summed E-state index contributed by atoms with van der Waals surface area (Å²) in [5.74, 6) is -1.66. The Hall–Kier alpha value is -4.13. The van der Waals surface area contributed by atoms with Crippen LogP contribution in [0.5, 0.6) is 0 Å². The van der Waals surface area contributed by atoms with Crippen LogP contribution in [-0.4, -0.2) is 55.1 Å². The van der Waals surface area contributed by atoms with Crippen molar-refractivity contribution >= 4 is 12.0 Å². The summed E-state index contributed by atoms with van der Waals surface area (Å²) in [5.41, 5.74) is 0.0355. The average Bonchev–Trinajstić information content (AvgIpc) is 2.99. The molecule has 1 aliphatic heterocycles. The van der Waals surface area contributed by atoms with Gasteiger partial charge in [-0.2, -0.15) is 26.3 Å². The van der Waals surface area contributed by atoms with E-state index >= 15 is 0 Å². The molecule has 1 aliphatic rings. The van der Waals surface area contributed by atoms with E-state index in [-0.39, 0.29) is 37.1 Å². The number of hydrogen-bond acceptors (Lipinski definition) is 4. The van der Waals surface area contributed by atoms with Crippen molar-refractivity contribution in [3.63, 3.8) is 0 Å². The molecule has 1 fully saturated rings. The standard InChI is InChI=1S/C33H34F7N3O3/c1-20-12-27(34)8-9-28(20)29-19-42(18-23-6-4-22(5-7-23)13-30(44)46-3)10-11-43(29)31(45)41-17-21(2)24-14-25(32(35,36)37)16-26(15-24)33(38,39)40/h4-9,12,14-16,21,29H,10-11,13,17-19H2,1-3H3,(H,41,45)/t21-,29?/m0/s1. The zero-order valence-corrected chi connectivity index (χ0v) is 25.4. The number of benzene rings is 3. The monoisotopic (exact) mass is 653 g/mol. The Morgan fingerprint density at radius 3 is 2.09 bits per heavy atom. The van der Waals surface area contributed by atoms with Gasteiger partial charge >= 0.3 is 24.4 Å². The highest BCUT2D eigenvalue weighted by Crippen LogP contribution is 2.38. The number of carbonyl (C=O) groups is 2. The fourth-order valence-electron chi connectivity index (χ4n) is 5.49. The lowest BCUT2D eigenvalue weighted by molar-refractivity contribution is -0.143. The Morgan fingerprint density at radius 2 is 1.52 bits per heavy atom. The van der Waals surface area contributed by atoms with Crippen LogP contribution in [0.25, 0.3) is 0 Å². The Balaban J connectivity index is 1.50. The van der Waals surface area contributed by atoms with Crippen LogP contribution in [0.2, 0.25) is 0 Å². The molecule has 0 bridgehead atoms. The lowest BCUT2D eigenvalue weighted by Crippen LogP contribution is -2.53. The lowest BCUT2D eigenvalue weighted by atomic mass is 9.95. The fourth-order valence-corrected chi connectivity index (χ4v) is 5.49. The molecule has 3 aromatic carbocycles.